The van der Waals surface area contributed by atoms with Gasteiger partial charge in [-0.2, -0.15) is 14.7 Å². The monoisotopic (exact) mass is 262 g/mol. The highest BCUT2D eigenvalue weighted by molar-refractivity contribution is 7.10. The molecule has 0 amide bonds. The second kappa shape index (κ2) is 5.43. The molecule has 84 valence electrons. The van der Waals surface area contributed by atoms with Crippen LogP contribution in [0.4, 0.5) is 5.00 Å². The SMILES string of the molecule is N#Cc1c(Cl)nsc1N/N=C\c1ccccc1. The summed E-state index contributed by atoms with van der Waals surface area (Å²) in [6, 6.07) is 11.6. The number of hydrogen-bond acceptors (Lipinski definition) is 5. The van der Waals surface area contributed by atoms with Gasteiger partial charge in [0.1, 0.15) is 16.6 Å². The van der Waals surface area contributed by atoms with Crippen molar-refractivity contribution in [2.75, 3.05) is 5.43 Å². The van der Waals surface area contributed by atoms with Crippen molar-refractivity contribution in [1.82, 2.24) is 4.37 Å². The fourth-order valence-electron chi connectivity index (χ4n) is 1.15. The Hall–Kier alpha value is -1.90. The van der Waals surface area contributed by atoms with Gasteiger partial charge in [0.05, 0.1) is 6.21 Å². The van der Waals surface area contributed by atoms with Crippen LogP contribution in [0.5, 0.6) is 0 Å². The Morgan fingerprint density at radius 1 is 1.41 bits per heavy atom. The number of aromatic nitrogens is 1. The summed E-state index contributed by atoms with van der Waals surface area (Å²) in [4.78, 5) is 0. The number of hydrogen-bond donors (Lipinski definition) is 1. The summed E-state index contributed by atoms with van der Waals surface area (Å²) >= 11 is 6.83. The van der Waals surface area contributed by atoms with Crippen molar-refractivity contribution in [1.29, 1.82) is 5.26 Å². The first-order chi connectivity index (χ1) is 8.31. The summed E-state index contributed by atoms with van der Waals surface area (Å²) in [7, 11) is 0. The Kier molecular flexibility index (Phi) is 3.70. The highest BCUT2D eigenvalue weighted by atomic mass is 35.5. The Morgan fingerprint density at radius 3 is 2.88 bits per heavy atom. The fraction of sp³-hybridized carbons (Fsp3) is 0. The zero-order chi connectivity index (χ0) is 12.1. The molecule has 0 radical (unpaired) electrons. The van der Waals surface area contributed by atoms with Crippen LogP contribution >= 0.6 is 23.1 Å². The first-order valence-electron chi connectivity index (χ1n) is 4.70. The van der Waals surface area contributed by atoms with Crippen molar-refractivity contribution in [3.8, 4) is 6.07 Å². The van der Waals surface area contributed by atoms with E-state index in [1.54, 1.807) is 6.21 Å². The van der Waals surface area contributed by atoms with Crippen molar-refractivity contribution in [2.24, 2.45) is 5.10 Å². The number of rotatable bonds is 3. The molecule has 0 fully saturated rings. The standard InChI is InChI=1S/C11H7ClN4S/c12-10-9(6-13)11(17-16-10)15-14-7-8-4-2-1-3-5-8/h1-5,7,15H/b14-7-. The molecule has 1 aromatic heterocycles. The summed E-state index contributed by atoms with van der Waals surface area (Å²) in [5, 5.41) is 13.6. The molecule has 1 N–H and O–H groups in total. The fourth-order valence-corrected chi connectivity index (χ4v) is 2.03. The van der Waals surface area contributed by atoms with Crippen LogP contribution in [0.25, 0.3) is 0 Å². The van der Waals surface area contributed by atoms with E-state index in [1.165, 1.54) is 0 Å². The molecule has 0 saturated heterocycles. The van der Waals surface area contributed by atoms with Gasteiger partial charge >= 0.3 is 0 Å². The topological polar surface area (TPSA) is 61.1 Å². The van der Waals surface area contributed by atoms with Crippen molar-refractivity contribution in [2.45, 2.75) is 0 Å². The van der Waals surface area contributed by atoms with Gasteiger partial charge < -0.3 is 0 Å². The van der Waals surface area contributed by atoms with Gasteiger partial charge in [-0.15, -0.1) is 0 Å². The number of nitrogens with one attached hydrogen (secondary N) is 1. The first kappa shape index (κ1) is 11.6. The van der Waals surface area contributed by atoms with Crippen LogP contribution < -0.4 is 5.43 Å². The summed E-state index contributed by atoms with van der Waals surface area (Å²) in [6.07, 6.45) is 1.66. The third-order valence-electron chi connectivity index (χ3n) is 1.94. The maximum Gasteiger partial charge on any atom is 0.162 e. The average Bonchev–Trinajstić information content (AvgIpc) is 2.71. The zero-order valence-corrected chi connectivity index (χ0v) is 10.2. The van der Waals surface area contributed by atoms with Crippen molar-refractivity contribution in [3.63, 3.8) is 0 Å². The molecule has 6 heteroatoms. The van der Waals surface area contributed by atoms with Crippen molar-refractivity contribution in [3.05, 3.63) is 46.6 Å². The lowest BCUT2D eigenvalue weighted by molar-refractivity contribution is 1.37. The molecule has 0 bridgehead atoms. The molecule has 1 heterocycles. The van der Waals surface area contributed by atoms with Gasteiger partial charge in [-0.05, 0) is 17.1 Å². The quantitative estimate of drug-likeness (QED) is 0.683. The first-order valence-corrected chi connectivity index (χ1v) is 5.86. The molecular weight excluding hydrogens is 256 g/mol. The molecule has 0 unspecified atom stereocenters. The van der Waals surface area contributed by atoms with E-state index in [9.17, 15) is 0 Å². The van der Waals surface area contributed by atoms with E-state index in [0.29, 0.717) is 10.6 Å². The van der Waals surface area contributed by atoms with E-state index in [4.69, 9.17) is 16.9 Å². The largest absolute Gasteiger partial charge is 0.266 e. The van der Waals surface area contributed by atoms with Gasteiger partial charge in [0.15, 0.2) is 5.15 Å². The van der Waals surface area contributed by atoms with Crippen molar-refractivity contribution < 1.29 is 0 Å². The third kappa shape index (κ3) is 2.81. The Labute approximate surface area is 107 Å². The normalized spacial score (nSPS) is 10.4. The summed E-state index contributed by atoms with van der Waals surface area (Å²) < 4.78 is 3.86. The van der Waals surface area contributed by atoms with Gasteiger partial charge in [-0.3, -0.25) is 5.43 Å². The van der Waals surface area contributed by atoms with E-state index in [-0.39, 0.29) is 5.15 Å². The van der Waals surface area contributed by atoms with E-state index < -0.39 is 0 Å². The number of benzene rings is 1. The molecular formula is C11H7ClN4S. The van der Waals surface area contributed by atoms with E-state index in [2.05, 4.69) is 14.9 Å². The van der Waals surface area contributed by atoms with E-state index in [0.717, 1.165) is 17.1 Å². The second-order valence-corrected chi connectivity index (χ2v) is 4.20. The number of nitriles is 1. The Bertz CT molecular complexity index is 571. The summed E-state index contributed by atoms with van der Waals surface area (Å²) in [6.45, 7) is 0. The molecule has 2 rings (SSSR count). The molecule has 1 aromatic carbocycles. The molecule has 4 nitrogen and oxygen atoms in total. The summed E-state index contributed by atoms with van der Waals surface area (Å²) in [5.41, 5.74) is 4.04. The molecule has 0 saturated carbocycles. The number of nitrogens with zero attached hydrogens (tertiary/aromatic N) is 3. The number of hydrazone groups is 1. The second-order valence-electron chi connectivity index (χ2n) is 3.07. The third-order valence-corrected chi connectivity index (χ3v) is 3.07. The maximum absolute atomic E-state index is 8.84. The van der Waals surface area contributed by atoms with Gasteiger partial charge in [0.25, 0.3) is 0 Å². The van der Waals surface area contributed by atoms with E-state index >= 15 is 0 Å². The Morgan fingerprint density at radius 2 is 2.18 bits per heavy atom. The van der Waals surface area contributed by atoms with Crippen LogP contribution in [0, 0.1) is 11.3 Å². The highest BCUT2D eigenvalue weighted by Crippen LogP contribution is 2.27. The van der Waals surface area contributed by atoms with Crippen LogP contribution in [0.2, 0.25) is 5.15 Å². The van der Waals surface area contributed by atoms with Crippen LogP contribution in [-0.4, -0.2) is 10.6 Å². The smallest absolute Gasteiger partial charge is 0.162 e. The lowest BCUT2D eigenvalue weighted by Gasteiger charge is -1.95. The lowest BCUT2D eigenvalue weighted by atomic mass is 10.2. The number of halogens is 1. The van der Waals surface area contributed by atoms with Crippen LogP contribution in [0.3, 0.4) is 0 Å². The molecule has 0 aliphatic rings. The minimum atomic E-state index is 0.204. The lowest BCUT2D eigenvalue weighted by Crippen LogP contribution is -1.89. The maximum atomic E-state index is 8.84. The van der Waals surface area contributed by atoms with Gasteiger partial charge in [-0.1, -0.05) is 41.9 Å². The Balaban J connectivity index is 2.08. The molecule has 17 heavy (non-hydrogen) atoms. The predicted molar refractivity (Wildman–Crippen MR) is 69.5 cm³/mol. The van der Waals surface area contributed by atoms with Gasteiger partial charge in [-0.25, -0.2) is 0 Å². The molecule has 0 atom stereocenters. The predicted octanol–water partition coefficient (Wildman–Crippen LogP) is 3.11. The molecule has 2 aromatic rings. The highest BCUT2D eigenvalue weighted by Gasteiger charge is 2.10. The summed E-state index contributed by atoms with van der Waals surface area (Å²) in [5.74, 6) is 0. The molecule has 0 aliphatic carbocycles. The van der Waals surface area contributed by atoms with Crippen LogP contribution in [0.1, 0.15) is 11.1 Å². The van der Waals surface area contributed by atoms with Crippen molar-refractivity contribution >= 4 is 34.3 Å². The zero-order valence-electron chi connectivity index (χ0n) is 8.59. The minimum absolute atomic E-state index is 0.204. The van der Waals surface area contributed by atoms with Crippen LogP contribution in [0.15, 0.2) is 35.4 Å². The van der Waals surface area contributed by atoms with Crippen LogP contribution in [-0.2, 0) is 0 Å². The molecule has 0 aliphatic heterocycles. The average molecular weight is 263 g/mol. The van der Waals surface area contributed by atoms with Gasteiger partial charge in [0.2, 0.25) is 0 Å². The minimum Gasteiger partial charge on any atom is -0.266 e. The van der Waals surface area contributed by atoms with Gasteiger partial charge in [0, 0.05) is 0 Å². The molecule has 0 spiro atoms. The van der Waals surface area contributed by atoms with E-state index in [1.807, 2.05) is 36.4 Å². The number of anilines is 1.